The lowest BCUT2D eigenvalue weighted by Crippen LogP contribution is -2.54. The predicted molar refractivity (Wildman–Crippen MR) is 67.7 cm³/mol. The molecule has 0 aromatic rings. The average Bonchev–Trinajstić information content (AvgIpc) is 2.39. The summed E-state index contributed by atoms with van der Waals surface area (Å²) in [5, 5.41) is 0. The van der Waals surface area contributed by atoms with E-state index in [9.17, 15) is 4.79 Å². The van der Waals surface area contributed by atoms with Crippen LogP contribution in [0.25, 0.3) is 0 Å². The first-order valence-electron chi connectivity index (χ1n) is 7.06. The Kier molecular flexibility index (Phi) is 4.21. The summed E-state index contributed by atoms with van der Waals surface area (Å²) in [5.74, 6) is 1.27. The highest BCUT2D eigenvalue weighted by molar-refractivity contribution is 5.90. The molecular formula is C14H25NO2. The smallest absolute Gasteiger partial charge is 0.155 e. The zero-order valence-corrected chi connectivity index (χ0v) is 10.9. The van der Waals surface area contributed by atoms with E-state index < -0.39 is 5.54 Å². The van der Waals surface area contributed by atoms with Gasteiger partial charge < -0.3 is 10.5 Å². The summed E-state index contributed by atoms with van der Waals surface area (Å²) in [6.45, 7) is 3.52. The van der Waals surface area contributed by atoms with E-state index in [4.69, 9.17) is 10.5 Å². The van der Waals surface area contributed by atoms with Gasteiger partial charge >= 0.3 is 0 Å². The summed E-state index contributed by atoms with van der Waals surface area (Å²) >= 11 is 0. The van der Waals surface area contributed by atoms with Gasteiger partial charge in [-0.1, -0.05) is 26.2 Å². The van der Waals surface area contributed by atoms with E-state index in [1.54, 1.807) is 0 Å². The molecule has 0 radical (unpaired) electrons. The summed E-state index contributed by atoms with van der Waals surface area (Å²) in [4.78, 5) is 12.6. The predicted octanol–water partition coefficient (Wildman–Crippen LogP) is 2.28. The first-order valence-corrected chi connectivity index (χ1v) is 7.06. The maximum atomic E-state index is 12.6. The minimum atomic E-state index is -0.585. The second-order valence-electron chi connectivity index (χ2n) is 5.77. The van der Waals surface area contributed by atoms with E-state index in [0.717, 1.165) is 18.8 Å². The lowest BCUT2D eigenvalue weighted by atomic mass is 9.72. The Bertz CT molecular complexity index is 271. The van der Waals surface area contributed by atoms with Crippen LogP contribution in [-0.4, -0.2) is 24.5 Å². The van der Waals surface area contributed by atoms with E-state index in [1.807, 2.05) is 0 Å². The van der Waals surface area contributed by atoms with Gasteiger partial charge in [0.15, 0.2) is 5.78 Å². The van der Waals surface area contributed by atoms with Crippen molar-refractivity contribution in [2.75, 3.05) is 13.2 Å². The minimum Gasteiger partial charge on any atom is -0.381 e. The molecule has 0 aromatic carbocycles. The highest BCUT2D eigenvalue weighted by atomic mass is 16.5. The number of ketones is 1. The summed E-state index contributed by atoms with van der Waals surface area (Å²) < 4.78 is 5.31. The standard InChI is InChI=1S/C14H25NO2/c1-2-11-4-3-5-12(10-11)13(16)14(15)6-8-17-9-7-14/h11-12H,2-10,15H2,1H3. The molecule has 1 saturated heterocycles. The van der Waals surface area contributed by atoms with Gasteiger partial charge in [-0.15, -0.1) is 0 Å². The molecule has 1 heterocycles. The zero-order chi connectivity index (χ0) is 12.3. The molecule has 2 rings (SSSR count). The average molecular weight is 239 g/mol. The third kappa shape index (κ3) is 2.89. The highest BCUT2D eigenvalue weighted by Crippen LogP contribution is 2.35. The number of Topliss-reactive ketones (excluding diaryl/α,β-unsaturated/α-hetero) is 1. The fourth-order valence-corrected chi connectivity index (χ4v) is 3.29. The lowest BCUT2D eigenvalue weighted by Gasteiger charge is -2.37. The molecule has 0 amide bonds. The summed E-state index contributed by atoms with van der Waals surface area (Å²) in [6, 6.07) is 0. The largest absolute Gasteiger partial charge is 0.381 e. The van der Waals surface area contributed by atoms with Crippen LogP contribution in [0.4, 0.5) is 0 Å². The molecule has 3 heteroatoms. The maximum absolute atomic E-state index is 12.6. The van der Waals surface area contributed by atoms with Crippen molar-refractivity contribution in [3.63, 3.8) is 0 Å². The molecule has 1 saturated carbocycles. The fourth-order valence-electron chi connectivity index (χ4n) is 3.29. The van der Waals surface area contributed by atoms with Crippen LogP contribution in [0.3, 0.4) is 0 Å². The molecule has 1 aliphatic carbocycles. The van der Waals surface area contributed by atoms with Crippen LogP contribution in [-0.2, 0) is 9.53 Å². The van der Waals surface area contributed by atoms with E-state index in [1.165, 1.54) is 19.3 Å². The molecule has 2 aliphatic rings. The summed E-state index contributed by atoms with van der Waals surface area (Å²) in [7, 11) is 0. The van der Waals surface area contributed by atoms with Crippen molar-refractivity contribution in [1.29, 1.82) is 0 Å². The van der Waals surface area contributed by atoms with Crippen molar-refractivity contribution in [2.45, 2.75) is 57.4 Å². The lowest BCUT2D eigenvalue weighted by molar-refractivity contribution is -0.133. The van der Waals surface area contributed by atoms with Crippen LogP contribution in [0.15, 0.2) is 0 Å². The van der Waals surface area contributed by atoms with Crippen LogP contribution in [0.1, 0.15) is 51.9 Å². The molecule has 0 aromatic heterocycles. The van der Waals surface area contributed by atoms with Gasteiger partial charge in [-0.25, -0.2) is 0 Å². The van der Waals surface area contributed by atoms with E-state index in [2.05, 4.69) is 6.92 Å². The topological polar surface area (TPSA) is 52.3 Å². The van der Waals surface area contributed by atoms with Crippen molar-refractivity contribution in [1.82, 2.24) is 0 Å². The number of nitrogens with two attached hydrogens (primary N) is 1. The Hall–Kier alpha value is -0.410. The Morgan fingerprint density at radius 3 is 2.71 bits per heavy atom. The fraction of sp³-hybridized carbons (Fsp3) is 0.929. The van der Waals surface area contributed by atoms with E-state index in [-0.39, 0.29) is 5.92 Å². The van der Waals surface area contributed by atoms with E-state index in [0.29, 0.717) is 31.8 Å². The summed E-state index contributed by atoms with van der Waals surface area (Å²) in [6.07, 6.45) is 7.22. The number of rotatable bonds is 3. The van der Waals surface area contributed by atoms with Crippen molar-refractivity contribution < 1.29 is 9.53 Å². The normalized spacial score (nSPS) is 33.3. The third-order valence-electron chi connectivity index (χ3n) is 4.61. The molecule has 98 valence electrons. The zero-order valence-electron chi connectivity index (χ0n) is 10.9. The van der Waals surface area contributed by atoms with Crippen molar-refractivity contribution in [2.24, 2.45) is 17.6 Å². The number of carbonyl (C=O) groups is 1. The van der Waals surface area contributed by atoms with Gasteiger partial charge in [-0.05, 0) is 31.6 Å². The summed E-state index contributed by atoms with van der Waals surface area (Å²) in [5.41, 5.74) is 5.71. The van der Waals surface area contributed by atoms with Crippen LogP contribution < -0.4 is 5.73 Å². The molecule has 2 atom stereocenters. The molecule has 2 N–H and O–H groups in total. The van der Waals surface area contributed by atoms with Crippen molar-refractivity contribution in [3.8, 4) is 0 Å². The molecule has 2 fully saturated rings. The molecular weight excluding hydrogens is 214 g/mol. The second-order valence-corrected chi connectivity index (χ2v) is 5.77. The van der Waals surface area contributed by atoms with Gasteiger partial charge in [0.25, 0.3) is 0 Å². The Balaban J connectivity index is 1.98. The van der Waals surface area contributed by atoms with Crippen LogP contribution in [0.5, 0.6) is 0 Å². The molecule has 1 aliphatic heterocycles. The molecule has 17 heavy (non-hydrogen) atoms. The first-order chi connectivity index (χ1) is 8.15. The number of ether oxygens (including phenoxy) is 1. The molecule has 0 spiro atoms. The van der Waals surface area contributed by atoms with Crippen molar-refractivity contribution in [3.05, 3.63) is 0 Å². The second kappa shape index (κ2) is 5.49. The monoisotopic (exact) mass is 239 g/mol. The van der Waals surface area contributed by atoms with Gasteiger partial charge in [0.1, 0.15) is 0 Å². The van der Waals surface area contributed by atoms with Gasteiger partial charge in [0.2, 0.25) is 0 Å². The minimum absolute atomic E-state index is 0.219. The van der Waals surface area contributed by atoms with Crippen LogP contribution in [0, 0.1) is 11.8 Å². The van der Waals surface area contributed by atoms with Gasteiger partial charge in [-0.3, -0.25) is 4.79 Å². The number of hydrogen-bond acceptors (Lipinski definition) is 3. The van der Waals surface area contributed by atoms with E-state index >= 15 is 0 Å². The van der Waals surface area contributed by atoms with Crippen LogP contribution in [0.2, 0.25) is 0 Å². The Morgan fingerprint density at radius 1 is 1.35 bits per heavy atom. The number of carbonyl (C=O) groups excluding carboxylic acids is 1. The Labute approximate surface area is 104 Å². The van der Waals surface area contributed by atoms with Gasteiger partial charge in [0, 0.05) is 19.1 Å². The molecule has 0 bridgehead atoms. The molecule has 3 nitrogen and oxygen atoms in total. The van der Waals surface area contributed by atoms with Gasteiger partial charge in [0.05, 0.1) is 5.54 Å². The first kappa shape index (κ1) is 13.0. The third-order valence-corrected chi connectivity index (χ3v) is 4.61. The highest BCUT2D eigenvalue weighted by Gasteiger charge is 2.40. The quantitative estimate of drug-likeness (QED) is 0.822. The maximum Gasteiger partial charge on any atom is 0.155 e. The SMILES string of the molecule is CCC1CCCC(C(=O)C2(N)CCOCC2)C1. The number of hydrogen-bond donors (Lipinski definition) is 1. The van der Waals surface area contributed by atoms with Gasteiger partial charge in [-0.2, -0.15) is 0 Å². The van der Waals surface area contributed by atoms with Crippen LogP contribution >= 0.6 is 0 Å². The molecule has 2 unspecified atom stereocenters. The van der Waals surface area contributed by atoms with Crippen molar-refractivity contribution >= 4 is 5.78 Å². The Morgan fingerprint density at radius 2 is 2.06 bits per heavy atom.